The van der Waals surface area contributed by atoms with E-state index in [1.54, 1.807) is 76.2 Å². The lowest BCUT2D eigenvalue weighted by Crippen LogP contribution is -2.17. The van der Waals surface area contributed by atoms with E-state index >= 15 is 0 Å². The van der Waals surface area contributed by atoms with Crippen LogP contribution >= 0.6 is 0 Å². The highest BCUT2D eigenvalue weighted by molar-refractivity contribution is 5.91. The molecule has 0 fully saturated rings. The smallest absolute Gasteiger partial charge is 0.343 e. The summed E-state index contributed by atoms with van der Waals surface area (Å²) in [5, 5.41) is 19.9. The van der Waals surface area contributed by atoms with Gasteiger partial charge in [-0.3, -0.25) is 0 Å². The summed E-state index contributed by atoms with van der Waals surface area (Å²) in [6.07, 6.45) is 0. The Morgan fingerprint density at radius 1 is 0.870 bits per heavy atom. The third kappa shape index (κ3) is 4.41. The highest BCUT2D eigenvalue weighted by atomic mass is 16.5. The Balaban J connectivity index is 2.16. The average Bonchev–Trinajstić information content (AvgIpc) is 2.46. The Labute approximate surface area is 136 Å². The number of hydrogen-bond acceptors (Lipinski definition) is 4. The van der Waals surface area contributed by atoms with Gasteiger partial charge in [0.05, 0.1) is 16.8 Å². The van der Waals surface area contributed by atoms with Gasteiger partial charge in [-0.2, -0.15) is 0 Å². The van der Waals surface area contributed by atoms with Crippen molar-refractivity contribution < 1.29 is 19.7 Å². The van der Waals surface area contributed by atoms with Crippen molar-refractivity contribution in [2.24, 2.45) is 0 Å². The van der Waals surface area contributed by atoms with Gasteiger partial charge in [-0.05, 0) is 63.1 Å². The van der Waals surface area contributed by atoms with Crippen molar-refractivity contribution in [3.8, 4) is 5.75 Å². The Kier molecular flexibility index (Phi) is 4.59. The van der Waals surface area contributed by atoms with Crippen LogP contribution in [0.2, 0.25) is 0 Å². The number of benzene rings is 2. The van der Waals surface area contributed by atoms with E-state index in [1.807, 2.05) is 0 Å². The van der Waals surface area contributed by atoms with Gasteiger partial charge in [0, 0.05) is 0 Å². The van der Waals surface area contributed by atoms with Crippen molar-refractivity contribution in [1.29, 1.82) is 0 Å². The van der Waals surface area contributed by atoms with Crippen molar-refractivity contribution in [3.05, 3.63) is 65.2 Å². The lowest BCUT2D eigenvalue weighted by Gasteiger charge is -2.18. The van der Waals surface area contributed by atoms with Gasteiger partial charge in [0.1, 0.15) is 5.75 Å². The zero-order valence-electron chi connectivity index (χ0n) is 13.8. The molecule has 0 saturated heterocycles. The minimum absolute atomic E-state index is 0.376. The van der Waals surface area contributed by atoms with E-state index in [-0.39, 0.29) is 0 Å². The molecule has 0 aromatic heterocycles. The molecule has 0 unspecified atom stereocenters. The summed E-state index contributed by atoms with van der Waals surface area (Å²) in [6.45, 7) is 6.71. The first-order chi connectivity index (χ1) is 10.6. The topological polar surface area (TPSA) is 66.8 Å². The van der Waals surface area contributed by atoms with Gasteiger partial charge >= 0.3 is 5.97 Å². The number of ether oxygens (including phenoxy) is 1. The summed E-state index contributed by atoms with van der Waals surface area (Å²) >= 11 is 0. The number of aliphatic hydroxyl groups is 2. The second-order valence-corrected chi connectivity index (χ2v) is 6.61. The van der Waals surface area contributed by atoms with Crippen molar-refractivity contribution in [3.63, 3.8) is 0 Å². The molecule has 0 radical (unpaired) electrons. The predicted molar refractivity (Wildman–Crippen MR) is 88.3 cm³/mol. The first-order valence-electron chi connectivity index (χ1n) is 7.45. The van der Waals surface area contributed by atoms with Gasteiger partial charge in [-0.1, -0.05) is 24.3 Å². The molecule has 2 aromatic carbocycles. The first-order valence-corrected chi connectivity index (χ1v) is 7.45. The lowest BCUT2D eigenvalue weighted by molar-refractivity contribution is 0.0712. The number of carbonyl (C=O) groups excluding carboxylic acids is 1. The third-order valence-corrected chi connectivity index (χ3v) is 3.58. The van der Waals surface area contributed by atoms with Gasteiger partial charge in [0.15, 0.2) is 0 Å². The Hall–Kier alpha value is -2.17. The molecule has 0 saturated carbocycles. The van der Waals surface area contributed by atoms with Crippen molar-refractivity contribution >= 4 is 5.97 Å². The highest BCUT2D eigenvalue weighted by Crippen LogP contribution is 2.25. The van der Waals surface area contributed by atoms with Crippen LogP contribution in [0.3, 0.4) is 0 Å². The van der Waals surface area contributed by atoms with Crippen LogP contribution in [-0.4, -0.2) is 16.2 Å². The number of esters is 1. The second kappa shape index (κ2) is 6.14. The van der Waals surface area contributed by atoms with Gasteiger partial charge in [-0.15, -0.1) is 0 Å². The van der Waals surface area contributed by atoms with E-state index in [2.05, 4.69) is 0 Å². The minimum Gasteiger partial charge on any atom is -0.423 e. The number of carbonyl (C=O) groups is 1. The maximum Gasteiger partial charge on any atom is 0.343 e. The van der Waals surface area contributed by atoms with Crippen LogP contribution in [-0.2, 0) is 11.2 Å². The third-order valence-electron chi connectivity index (χ3n) is 3.58. The molecule has 0 aliphatic carbocycles. The molecule has 0 bridgehead atoms. The Bertz CT molecular complexity index is 689. The van der Waals surface area contributed by atoms with Gasteiger partial charge in [0.2, 0.25) is 0 Å². The SMILES string of the molecule is CC(C)(O)c1ccc(C(=O)Oc2cccc(C(C)(C)O)c2)cc1. The molecule has 0 aliphatic heterocycles. The fraction of sp³-hybridized carbons (Fsp3) is 0.316. The first kappa shape index (κ1) is 17.2. The van der Waals surface area contributed by atoms with Crippen molar-refractivity contribution in [2.45, 2.75) is 38.9 Å². The van der Waals surface area contributed by atoms with E-state index in [1.165, 1.54) is 0 Å². The zero-order chi connectivity index (χ0) is 17.3. The molecular weight excluding hydrogens is 292 g/mol. The molecule has 0 amide bonds. The van der Waals surface area contributed by atoms with Gasteiger partial charge in [-0.25, -0.2) is 4.79 Å². The fourth-order valence-electron chi connectivity index (χ4n) is 2.12. The number of rotatable bonds is 4. The Morgan fingerprint density at radius 2 is 1.43 bits per heavy atom. The van der Waals surface area contributed by atoms with Gasteiger partial charge in [0.25, 0.3) is 0 Å². The van der Waals surface area contributed by atoms with E-state index in [0.29, 0.717) is 16.9 Å². The molecule has 0 aliphatic rings. The highest BCUT2D eigenvalue weighted by Gasteiger charge is 2.18. The second-order valence-electron chi connectivity index (χ2n) is 6.61. The monoisotopic (exact) mass is 314 g/mol. The molecule has 0 atom stereocenters. The summed E-state index contributed by atoms with van der Waals surface area (Å²) in [5.41, 5.74) is -0.176. The zero-order valence-corrected chi connectivity index (χ0v) is 13.8. The lowest BCUT2D eigenvalue weighted by atomic mass is 9.97. The molecule has 23 heavy (non-hydrogen) atoms. The number of hydrogen-bond donors (Lipinski definition) is 2. The summed E-state index contributed by atoms with van der Waals surface area (Å²) in [7, 11) is 0. The fourth-order valence-corrected chi connectivity index (χ4v) is 2.12. The van der Waals surface area contributed by atoms with Crippen LogP contribution in [0.4, 0.5) is 0 Å². The van der Waals surface area contributed by atoms with Crippen LogP contribution in [0.15, 0.2) is 48.5 Å². The van der Waals surface area contributed by atoms with Crippen LogP contribution in [0.5, 0.6) is 5.75 Å². The van der Waals surface area contributed by atoms with Gasteiger partial charge < -0.3 is 14.9 Å². The minimum atomic E-state index is -1.00. The molecule has 2 aromatic rings. The summed E-state index contributed by atoms with van der Waals surface area (Å²) in [6, 6.07) is 13.4. The molecule has 2 N–H and O–H groups in total. The standard InChI is InChI=1S/C19H22O4/c1-18(2,21)14-10-8-13(9-11-14)17(20)23-16-7-5-6-15(12-16)19(3,4)22/h5-12,21-22H,1-4H3. The van der Waals surface area contributed by atoms with Crippen LogP contribution in [0.1, 0.15) is 49.2 Å². The molecule has 4 heteroatoms. The molecule has 122 valence electrons. The maximum atomic E-state index is 12.2. The van der Waals surface area contributed by atoms with Crippen LogP contribution in [0.25, 0.3) is 0 Å². The maximum absolute atomic E-state index is 12.2. The van der Waals surface area contributed by atoms with Crippen LogP contribution < -0.4 is 4.74 Å². The van der Waals surface area contributed by atoms with E-state index in [4.69, 9.17) is 4.74 Å². The molecular formula is C19H22O4. The summed E-state index contributed by atoms with van der Waals surface area (Å²) in [5.74, 6) is -0.110. The van der Waals surface area contributed by atoms with E-state index in [9.17, 15) is 15.0 Å². The van der Waals surface area contributed by atoms with Crippen LogP contribution in [0, 0.1) is 0 Å². The molecule has 4 nitrogen and oxygen atoms in total. The normalized spacial score (nSPS) is 12.1. The molecule has 2 rings (SSSR count). The predicted octanol–water partition coefficient (Wildman–Crippen LogP) is 3.36. The molecule has 0 spiro atoms. The largest absolute Gasteiger partial charge is 0.423 e. The Morgan fingerprint density at radius 3 is 1.96 bits per heavy atom. The average molecular weight is 314 g/mol. The summed E-state index contributed by atoms with van der Waals surface area (Å²) < 4.78 is 5.35. The quantitative estimate of drug-likeness (QED) is 0.671. The molecule has 0 heterocycles. The van der Waals surface area contributed by atoms with Crippen molar-refractivity contribution in [1.82, 2.24) is 0 Å². The van der Waals surface area contributed by atoms with Crippen molar-refractivity contribution in [2.75, 3.05) is 0 Å². The van der Waals surface area contributed by atoms with E-state index < -0.39 is 17.2 Å². The van der Waals surface area contributed by atoms with E-state index in [0.717, 1.165) is 5.56 Å². The summed E-state index contributed by atoms with van der Waals surface area (Å²) in [4.78, 5) is 12.2.